The van der Waals surface area contributed by atoms with E-state index in [1.807, 2.05) is 13.8 Å². The molecule has 106 valence electrons. The van der Waals surface area contributed by atoms with Crippen LogP contribution in [0.25, 0.3) is 0 Å². The number of nitrogens with two attached hydrogens (primary N) is 1. The van der Waals surface area contributed by atoms with Crippen molar-refractivity contribution in [3.8, 4) is 0 Å². The van der Waals surface area contributed by atoms with Gasteiger partial charge in [-0.3, -0.25) is 4.79 Å². The van der Waals surface area contributed by atoms with E-state index in [4.69, 9.17) is 5.73 Å². The first-order valence-electron chi connectivity index (χ1n) is 7.02. The number of hydrogen-bond acceptors (Lipinski definition) is 2. The Morgan fingerprint density at radius 2 is 2.00 bits per heavy atom. The summed E-state index contributed by atoms with van der Waals surface area (Å²) < 4.78 is 0. The van der Waals surface area contributed by atoms with Crippen molar-refractivity contribution in [2.24, 2.45) is 5.73 Å². The quantitative estimate of drug-likeness (QED) is 0.828. The van der Waals surface area contributed by atoms with E-state index >= 15 is 0 Å². The third-order valence-electron chi connectivity index (χ3n) is 3.33. The molecule has 1 rings (SSSR count). The predicted molar refractivity (Wildman–Crippen MR) is 80.0 cm³/mol. The van der Waals surface area contributed by atoms with Crippen molar-refractivity contribution in [3.63, 3.8) is 0 Å². The second-order valence-electron chi connectivity index (χ2n) is 5.52. The first kappa shape index (κ1) is 15.7. The van der Waals surface area contributed by atoms with Crippen LogP contribution >= 0.6 is 0 Å². The van der Waals surface area contributed by atoms with Gasteiger partial charge >= 0.3 is 0 Å². The van der Waals surface area contributed by atoms with E-state index in [9.17, 15) is 4.79 Å². The fourth-order valence-electron chi connectivity index (χ4n) is 2.29. The molecule has 3 N–H and O–H groups in total. The second kappa shape index (κ2) is 7.29. The summed E-state index contributed by atoms with van der Waals surface area (Å²) >= 11 is 0. The molecule has 3 heteroatoms. The Morgan fingerprint density at radius 3 is 2.58 bits per heavy atom. The molecule has 0 bridgehead atoms. The zero-order chi connectivity index (χ0) is 14.4. The molecular formula is C16H26N2O. The monoisotopic (exact) mass is 262 g/mol. The van der Waals surface area contributed by atoms with Crippen LogP contribution in [0.5, 0.6) is 0 Å². The topological polar surface area (TPSA) is 55.1 Å². The van der Waals surface area contributed by atoms with E-state index in [0.717, 1.165) is 12.8 Å². The van der Waals surface area contributed by atoms with Gasteiger partial charge in [-0.1, -0.05) is 23.8 Å². The molecule has 0 saturated heterocycles. The minimum absolute atomic E-state index is 0.0587. The molecule has 0 aliphatic rings. The lowest BCUT2D eigenvalue weighted by Gasteiger charge is -2.17. The van der Waals surface area contributed by atoms with Crippen LogP contribution in [0.15, 0.2) is 18.2 Å². The van der Waals surface area contributed by atoms with Gasteiger partial charge in [0, 0.05) is 12.5 Å². The lowest BCUT2D eigenvalue weighted by atomic mass is 10.00. The number of nitrogens with one attached hydrogen (secondary N) is 1. The van der Waals surface area contributed by atoms with Crippen LogP contribution in [-0.4, -0.2) is 11.9 Å². The summed E-state index contributed by atoms with van der Waals surface area (Å²) in [4.78, 5) is 11.8. The number of carbonyl (C=O) groups excluding carboxylic acids is 1. The van der Waals surface area contributed by atoms with E-state index in [-0.39, 0.29) is 18.0 Å². The molecule has 0 aromatic heterocycles. The lowest BCUT2D eigenvalue weighted by molar-refractivity contribution is -0.121. The molecule has 0 fully saturated rings. The van der Waals surface area contributed by atoms with Crippen LogP contribution in [0.3, 0.4) is 0 Å². The highest BCUT2D eigenvalue weighted by molar-refractivity contribution is 5.76. The van der Waals surface area contributed by atoms with Gasteiger partial charge in [0.25, 0.3) is 0 Å². The summed E-state index contributed by atoms with van der Waals surface area (Å²) in [6.45, 7) is 8.16. The van der Waals surface area contributed by atoms with Crippen molar-refractivity contribution >= 4 is 5.91 Å². The van der Waals surface area contributed by atoms with Gasteiger partial charge in [-0.05, 0) is 51.7 Å². The third kappa shape index (κ3) is 5.43. The zero-order valence-electron chi connectivity index (χ0n) is 12.5. The number of aryl methyl sites for hydroxylation is 2. The van der Waals surface area contributed by atoms with Crippen molar-refractivity contribution in [2.75, 3.05) is 0 Å². The average Bonchev–Trinajstić information content (AvgIpc) is 2.27. The molecular weight excluding hydrogens is 236 g/mol. The largest absolute Gasteiger partial charge is 0.350 e. The molecule has 1 aromatic rings. The lowest BCUT2D eigenvalue weighted by Crippen LogP contribution is -2.27. The van der Waals surface area contributed by atoms with Crippen molar-refractivity contribution in [2.45, 2.75) is 59.0 Å². The van der Waals surface area contributed by atoms with E-state index < -0.39 is 0 Å². The molecule has 2 atom stereocenters. The second-order valence-corrected chi connectivity index (χ2v) is 5.52. The number of carbonyl (C=O) groups is 1. The minimum Gasteiger partial charge on any atom is -0.350 e. The Hall–Kier alpha value is -1.35. The van der Waals surface area contributed by atoms with Gasteiger partial charge in [-0.25, -0.2) is 0 Å². The summed E-state index contributed by atoms with van der Waals surface area (Å²) in [7, 11) is 0. The molecule has 0 saturated carbocycles. The Balaban J connectivity index is 2.49. The minimum atomic E-state index is 0.0587. The summed E-state index contributed by atoms with van der Waals surface area (Å²) in [5, 5.41) is 3.05. The Bertz CT molecular complexity index is 427. The van der Waals surface area contributed by atoms with Crippen molar-refractivity contribution in [1.29, 1.82) is 0 Å². The van der Waals surface area contributed by atoms with Gasteiger partial charge in [-0.15, -0.1) is 0 Å². The molecule has 0 aliphatic heterocycles. The maximum Gasteiger partial charge on any atom is 0.220 e. The van der Waals surface area contributed by atoms with Gasteiger partial charge in [-0.2, -0.15) is 0 Å². The van der Waals surface area contributed by atoms with Crippen LogP contribution in [-0.2, 0) is 4.79 Å². The highest BCUT2D eigenvalue weighted by atomic mass is 16.1. The molecule has 19 heavy (non-hydrogen) atoms. The maximum absolute atomic E-state index is 11.8. The van der Waals surface area contributed by atoms with E-state index in [1.54, 1.807) is 0 Å². The van der Waals surface area contributed by atoms with Crippen LogP contribution in [0.4, 0.5) is 0 Å². The number of benzene rings is 1. The van der Waals surface area contributed by atoms with Gasteiger partial charge in [0.2, 0.25) is 5.91 Å². The molecule has 1 aromatic carbocycles. The third-order valence-corrected chi connectivity index (χ3v) is 3.33. The van der Waals surface area contributed by atoms with Crippen molar-refractivity contribution in [1.82, 2.24) is 5.32 Å². The smallest absolute Gasteiger partial charge is 0.220 e. The van der Waals surface area contributed by atoms with Crippen molar-refractivity contribution in [3.05, 3.63) is 34.9 Å². The predicted octanol–water partition coefficient (Wildman–Crippen LogP) is 3.00. The Morgan fingerprint density at radius 1 is 1.32 bits per heavy atom. The van der Waals surface area contributed by atoms with Gasteiger partial charge < -0.3 is 11.1 Å². The summed E-state index contributed by atoms with van der Waals surface area (Å²) in [5.41, 5.74) is 9.33. The van der Waals surface area contributed by atoms with Crippen molar-refractivity contribution < 1.29 is 4.79 Å². The Labute approximate surface area is 116 Å². The van der Waals surface area contributed by atoms with Crippen LogP contribution < -0.4 is 11.1 Å². The fraction of sp³-hybridized carbons (Fsp3) is 0.562. The SMILES string of the molecule is Cc1ccc(C(C)NC(=O)CCCC(C)N)c(C)c1. The molecule has 0 radical (unpaired) electrons. The summed E-state index contributed by atoms with van der Waals surface area (Å²) in [6.07, 6.45) is 2.30. The molecule has 0 spiro atoms. The highest BCUT2D eigenvalue weighted by Gasteiger charge is 2.11. The number of hydrogen-bond donors (Lipinski definition) is 2. The molecule has 0 aliphatic carbocycles. The molecule has 2 unspecified atom stereocenters. The molecule has 0 heterocycles. The first-order valence-corrected chi connectivity index (χ1v) is 7.02. The van der Waals surface area contributed by atoms with E-state index in [2.05, 4.69) is 37.4 Å². The first-order chi connectivity index (χ1) is 8.90. The van der Waals surface area contributed by atoms with Crippen LogP contribution in [0.2, 0.25) is 0 Å². The summed E-state index contributed by atoms with van der Waals surface area (Å²) in [5.74, 6) is 0.105. The fourth-order valence-corrected chi connectivity index (χ4v) is 2.29. The zero-order valence-corrected chi connectivity index (χ0v) is 12.5. The van der Waals surface area contributed by atoms with E-state index in [0.29, 0.717) is 6.42 Å². The molecule has 3 nitrogen and oxygen atoms in total. The Kier molecular flexibility index (Phi) is 6.03. The highest BCUT2D eigenvalue weighted by Crippen LogP contribution is 2.18. The number of rotatable bonds is 6. The maximum atomic E-state index is 11.8. The van der Waals surface area contributed by atoms with Gasteiger partial charge in [0.05, 0.1) is 6.04 Å². The van der Waals surface area contributed by atoms with Gasteiger partial charge in [0.1, 0.15) is 0 Å². The normalized spacial score (nSPS) is 13.9. The summed E-state index contributed by atoms with van der Waals surface area (Å²) in [6, 6.07) is 6.56. The standard InChI is InChI=1S/C16H26N2O/c1-11-8-9-15(12(2)10-11)14(4)18-16(19)7-5-6-13(3)17/h8-10,13-14H,5-7,17H2,1-4H3,(H,18,19). The van der Waals surface area contributed by atoms with Crippen LogP contribution in [0.1, 0.15) is 55.8 Å². The van der Waals surface area contributed by atoms with Gasteiger partial charge in [0.15, 0.2) is 0 Å². The van der Waals surface area contributed by atoms with E-state index in [1.165, 1.54) is 16.7 Å². The molecule has 1 amide bonds. The van der Waals surface area contributed by atoms with Crippen LogP contribution in [0, 0.1) is 13.8 Å². The average molecular weight is 262 g/mol. The number of amides is 1.